The topological polar surface area (TPSA) is 49.3 Å². The minimum Gasteiger partial charge on any atom is -0.388 e. The van der Waals surface area contributed by atoms with Crippen molar-refractivity contribution in [3.8, 4) is 0 Å². The number of benzene rings is 1. The van der Waals surface area contributed by atoms with Gasteiger partial charge in [-0.1, -0.05) is 25.5 Å². The van der Waals surface area contributed by atoms with Crippen LogP contribution >= 0.6 is 0 Å². The molecule has 1 unspecified atom stereocenters. The highest BCUT2D eigenvalue weighted by atomic mass is 16.3. The van der Waals surface area contributed by atoms with Crippen molar-refractivity contribution in [3.05, 3.63) is 29.3 Å². The van der Waals surface area contributed by atoms with E-state index in [1.807, 2.05) is 39.0 Å². The highest BCUT2D eigenvalue weighted by Crippen LogP contribution is 2.38. The molecule has 1 heterocycles. The molecule has 3 nitrogen and oxygen atoms in total. The molecule has 2 rings (SSSR count). The third-order valence-electron chi connectivity index (χ3n) is 3.48. The average molecular weight is 233 g/mol. The van der Waals surface area contributed by atoms with Gasteiger partial charge >= 0.3 is 0 Å². The first-order valence-electron chi connectivity index (χ1n) is 6.10. The Bertz CT molecular complexity index is 452. The van der Waals surface area contributed by atoms with Crippen LogP contribution in [0, 0.1) is 0 Å². The molecule has 0 saturated heterocycles. The number of hydrogen-bond acceptors (Lipinski definition) is 2. The minimum atomic E-state index is -0.503. The summed E-state index contributed by atoms with van der Waals surface area (Å²) in [4.78, 5) is 11.8. The Morgan fingerprint density at radius 3 is 2.76 bits per heavy atom. The lowest BCUT2D eigenvalue weighted by Crippen LogP contribution is -2.26. The molecule has 92 valence electrons. The number of aliphatic hydroxyl groups is 1. The lowest BCUT2D eigenvalue weighted by atomic mass is 9.84. The number of aliphatic hydroxyl groups excluding tert-OH is 1. The second-order valence-electron chi connectivity index (χ2n) is 5.19. The molecule has 0 radical (unpaired) electrons. The van der Waals surface area contributed by atoms with Gasteiger partial charge in [-0.05, 0) is 37.5 Å². The van der Waals surface area contributed by atoms with Crippen molar-refractivity contribution in [1.82, 2.24) is 0 Å². The maximum Gasteiger partial charge on any atom is 0.234 e. The smallest absolute Gasteiger partial charge is 0.234 e. The van der Waals surface area contributed by atoms with Gasteiger partial charge in [-0.25, -0.2) is 0 Å². The zero-order valence-electron chi connectivity index (χ0n) is 10.6. The van der Waals surface area contributed by atoms with Crippen molar-refractivity contribution >= 4 is 11.6 Å². The summed E-state index contributed by atoms with van der Waals surface area (Å²) in [6, 6.07) is 5.73. The van der Waals surface area contributed by atoms with Gasteiger partial charge in [0.25, 0.3) is 0 Å². The predicted molar refractivity (Wildman–Crippen MR) is 68.0 cm³/mol. The van der Waals surface area contributed by atoms with Gasteiger partial charge in [0.05, 0.1) is 11.5 Å². The van der Waals surface area contributed by atoms with Crippen LogP contribution < -0.4 is 5.32 Å². The molecule has 0 bridgehead atoms. The summed E-state index contributed by atoms with van der Waals surface area (Å²) in [5, 5.41) is 12.8. The Kier molecular flexibility index (Phi) is 2.96. The highest BCUT2D eigenvalue weighted by Gasteiger charge is 2.38. The van der Waals surface area contributed by atoms with Crippen LogP contribution in [0.25, 0.3) is 0 Å². The summed E-state index contributed by atoms with van der Waals surface area (Å²) >= 11 is 0. The standard InChI is InChI=1S/C14H19NO2/c1-4-5-12(16)9-6-7-11-10(8-9)14(2,3)13(17)15-11/h6-8,12,16H,4-5H2,1-3H3,(H,15,17). The lowest BCUT2D eigenvalue weighted by molar-refractivity contribution is -0.119. The fourth-order valence-corrected chi connectivity index (χ4v) is 2.24. The van der Waals surface area contributed by atoms with E-state index < -0.39 is 11.5 Å². The molecular weight excluding hydrogens is 214 g/mol. The quantitative estimate of drug-likeness (QED) is 0.843. The zero-order chi connectivity index (χ0) is 12.6. The van der Waals surface area contributed by atoms with Crippen molar-refractivity contribution in [1.29, 1.82) is 0 Å². The van der Waals surface area contributed by atoms with Crippen LogP contribution in [0.4, 0.5) is 5.69 Å². The Balaban J connectivity index is 2.39. The summed E-state index contributed by atoms with van der Waals surface area (Å²) in [7, 11) is 0. The Labute approximate surface area is 102 Å². The van der Waals surface area contributed by atoms with Crippen LogP contribution in [0.3, 0.4) is 0 Å². The molecule has 1 atom stereocenters. The van der Waals surface area contributed by atoms with Gasteiger partial charge in [-0.2, -0.15) is 0 Å². The number of carbonyl (C=O) groups is 1. The number of amides is 1. The SMILES string of the molecule is CCCC(O)c1ccc2c(c1)C(C)(C)C(=O)N2. The Morgan fingerprint density at radius 1 is 1.41 bits per heavy atom. The molecule has 0 spiro atoms. The molecule has 0 fully saturated rings. The van der Waals surface area contributed by atoms with Crippen molar-refractivity contribution in [2.45, 2.75) is 45.1 Å². The third-order valence-corrected chi connectivity index (χ3v) is 3.48. The largest absolute Gasteiger partial charge is 0.388 e. The second-order valence-corrected chi connectivity index (χ2v) is 5.19. The summed E-state index contributed by atoms with van der Waals surface area (Å²) in [6.07, 6.45) is 1.26. The molecule has 0 aromatic heterocycles. The van der Waals surface area contributed by atoms with Crippen molar-refractivity contribution < 1.29 is 9.90 Å². The van der Waals surface area contributed by atoms with Crippen LogP contribution in [0.5, 0.6) is 0 Å². The minimum absolute atomic E-state index is 0.0228. The molecule has 3 heteroatoms. The van der Waals surface area contributed by atoms with Crippen molar-refractivity contribution in [3.63, 3.8) is 0 Å². The third kappa shape index (κ3) is 1.95. The van der Waals surface area contributed by atoms with Crippen LogP contribution in [0.2, 0.25) is 0 Å². The summed E-state index contributed by atoms with van der Waals surface area (Å²) < 4.78 is 0. The first-order valence-corrected chi connectivity index (χ1v) is 6.10. The van der Waals surface area contributed by atoms with E-state index in [0.717, 1.165) is 29.7 Å². The van der Waals surface area contributed by atoms with Gasteiger partial charge in [-0.15, -0.1) is 0 Å². The highest BCUT2D eigenvalue weighted by molar-refractivity contribution is 6.05. The van der Waals surface area contributed by atoms with Crippen molar-refractivity contribution in [2.75, 3.05) is 5.32 Å². The number of carbonyl (C=O) groups excluding carboxylic acids is 1. The van der Waals surface area contributed by atoms with Crippen LogP contribution in [-0.2, 0) is 10.2 Å². The first kappa shape index (κ1) is 12.1. The van der Waals surface area contributed by atoms with Gasteiger partial charge in [0.2, 0.25) is 5.91 Å². The average Bonchev–Trinajstić information content (AvgIpc) is 2.50. The molecule has 1 aliphatic heterocycles. The predicted octanol–water partition coefficient (Wildman–Crippen LogP) is 2.75. The van der Waals surface area contributed by atoms with Gasteiger partial charge < -0.3 is 10.4 Å². The van der Waals surface area contributed by atoms with Crippen molar-refractivity contribution in [2.24, 2.45) is 0 Å². The van der Waals surface area contributed by atoms with E-state index in [-0.39, 0.29) is 5.91 Å². The van der Waals surface area contributed by atoms with E-state index in [0.29, 0.717) is 0 Å². The summed E-state index contributed by atoms with van der Waals surface area (Å²) in [5.41, 5.74) is 2.25. The fraction of sp³-hybridized carbons (Fsp3) is 0.500. The maximum atomic E-state index is 11.8. The van der Waals surface area contributed by atoms with E-state index in [1.54, 1.807) is 0 Å². The van der Waals surface area contributed by atoms with Crippen LogP contribution in [0.15, 0.2) is 18.2 Å². The molecule has 0 aliphatic carbocycles. The number of fused-ring (bicyclic) bond motifs is 1. The zero-order valence-corrected chi connectivity index (χ0v) is 10.6. The molecule has 17 heavy (non-hydrogen) atoms. The first-order chi connectivity index (χ1) is 7.96. The van der Waals surface area contributed by atoms with E-state index in [1.165, 1.54) is 0 Å². The number of anilines is 1. The fourth-order valence-electron chi connectivity index (χ4n) is 2.24. The van der Waals surface area contributed by atoms with Gasteiger partial charge in [0, 0.05) is 5.69 Å². The molecule has 1 aliphatic rings. The number of hydrogen-bond donors (Lipinski definition) is 2. The molecular formula is C14H19NO2. The number of rotatable bonds is 3. The van der Waals surface area contributed by atoms with E-state index in [4.69, 9.17) is 0 Å². The Hall–Kier alpha value is -1.35. The van der Waals surface area contributed by atoms with Crippen LogP contribution in [-0.4, -0.2) is 11.0 Å². The molecule has 1 aromatic rings. The molecule has 0 saturated carbocycles. The van der Waals surface area contributed by atoms with E-state index >= 15 is 0 Å². The summed E-state index contributed by atoms with van der Waals surface area (Å²) in [6.45, 7) is 5.86. The maximum absolute atomic E-state index is 11.8. The lowest BCUT2D eigenvalue weighted by Gasteiger charge is -2.17. The normalized spacial score (nSPS) is 18.7. The second kappa shape index (κ2) is 4.15. The van der Waals surface area contributed by atoms with Gasteiger partial charge in [-0.3, -0.25) is 4.79 Å². The van der Waals surface area contributed by atoms with Gasteiger partial charge in [0.15, 0.2) is 0 Å². The number of nitrogens with one attached hydrogen (secondary N) is 1. The monoisotopic (exact) mass is 233 g/mol. The van der Waals surface area contributed by atoms with Gasteiger partial charge in [0.1, 0.15) is 0 Å². The van der Waals surface area contributed by atoms with Crippen LogP contribution in [0.1, 0.15) is 50.8 Å². The molecule has 2 N–H and O–H groups in total. The molecule has 1 aromatic carbocycles. The summed E-state index contributed by atoms with van der Waals surface area (Å²) in [5.74, 6) is 0.0228. The Morgan fingerprint density at radius 2 is 2.12 bits per heavy atom. The molecule has 1 amide bonds. The van der Waals surface area contributed by atoms with E-state index in [2.05, 4.69) is 5.32 Å². The van der Waals surface area contributed by atoms with E-state index in [9.17, 15) is 9.90 Å².